The fourth-order valence-corrected chi connectivity index (χ4v) is 2.36. The lowest BCUT2D eigenvalue weighted by atomic mass is 10.1. The van der Waals surface area contributed by atoms with Gasteiger partial charge >= 0.3 is 6.03 Å². The van der Waals surface area contributed by atoms with Crippen molar-refractivity contribution in [1.82, 2.24) is 10.6 Å². The molecule has 1 fully saturated rings. The summed E-state index contributed by atoms with van der Waals surface area (Å²) < 4.78 is 0. The molecule has 1 aliphatic rings. The summed E-state index contributed by atoms with van der Waals surface area (Å²) >= 11 is 0. The summed E-state index contributed by atoms with van der Waals surface area (Å²) in [7, 11) is 0. The molecule has 20 heavy (non-hydrogen) atoms. The maximum atomic E-state index is 11.7. The first kappa shape index (κ1) is 14.9. The van der Waals surface area contributed by atoms with Crippen LogP contribution in [0.25, 0.3) is 0 Å². The summed E-state index contributed by atoms with van der Waals surface area (Å²) in [5, 5.41) is 9.15. The van der Waals surface area contributed by atoms with Crippen LogP contribution < -0.4 is 16.0 Å². The van der Waals surface area contributed by atoms with Crippen LogP contribution >= 0.6 is 0 Å². The number of anilines is 1. The molecule has 0 saturated heterocycles. The second-order valence-corrected chi connectivity index (χ2v) is 5.71. The van der Waals surface area contributed by atoms with Gasteiger partial charge in [-0.15, -0.1) is 0 Å². The number of carbonyl (C=O) groups is 1. The van der Waals surface area contributed by atoms with Gasteiger partial charge in [-0.3, -0.25) is 0 Å². The molecule has 2 rings (SSSR count). The van der Waals surface area contributed by atoms with Gasteiger partial charge in [0.2, 0.25) is 0 Å². The molecule has 3 N–H and O–H groups in total. The van der Waals surface area contributed by atoms with Crippen LogP contribution in [-0.4, -0.2) is 19.1 Å². The van der Waals surface area contributed by atoms with Gasteiger partial charge in [-0.05, 0) is 49.4 Å². The Hall–Kier alpha value is -1.55. The van der Waals surface area contributed by atoms with Crippen LogP contribution in [0.5, 0.6) is 0 Å². The van der Waals surface area contributed by atoms with Crippen LogP contribution in [0.1, 0.15) is 38.8 Å². The fraction of sp³-hybridized carbons (Fsp3) is 0.562. The van der Waals surface area contributed by atoms with Gasteiger partial charge in [0.1, 0.15) is 0 Å². The van der Waals surface area contributed by atoms with E-state index in [2.05, 4.69) is 36.7 Å². The van der Waals surface area contributed by atoms with Crippen LogP contribution in [0.15, 0.2) is 24.3 Å². The Kier molecular flexibility index (Phi) is 5.01. The van der Waals surface area contributed by atoms with Crippen molar-refractivity contribution in [3.8, 4) is 0 Å². The van der Waals surface area contributed by atoms with Gasteiger partial charge < -0.3 is 16.0 Å². The van der Waals surface area contributed by atoms with Crippen LogP contribution in [0.3, 0.4) is 0 Å². The molecule has 1 saturated carbocycles. The van der Waals surface area contributed by atoms with E-state index in [-0.39, 0.29) is 6.03 Å². The van der Waals surface area contributed by atoms with Crippen molar-refractivity contribution < 1.29 is 4.79 Å². The SMILES string of the molecule is CCNC(C)c1ccc(NC(=O)NCC2CC2C)cc1. The van der Waals surface area contributed by atoms with Crippen LogP contribution in [0, 0.1) is 11.8 Å². The number of amides is 2. The van der Waals surface area contributed by atoms with E-state index in [0.29, 0.717) is 12.0 Å². The minimum Gasteiger partial charge on any atom is -0.338 e. The van der Waals surface area contributed by atoms with Crippen LogP contribution in [0.4, 0.5) is 10.5 Å². The van der Waals surface area contributed by atoms with E-state index < -0.39 is 0 Å². The third-order valence-corrected chi connectivity index (χ3v) is 3.98. The monoisotopic (exact) mass is 275 g/mol. The molecule has 1 aromatic carbocycles. The number of nitrogens with one attached hydrogen (secondary N) is 3. The highest BCUT2D eigenvalue weighted by atomic mass is 16.2. The first-order chi connectivity index (χ1) is 9.60. The van der Waals surface area contributed by atoms with Crippen molar-refractivity contribution >= 4 is 11.7 Å². The van der Waals surface area contributed by atoms with Crippen LogP contribution in [0.2, 0.25) is 0 Å². The molecule has 0 radical (unpaired) electrons. The topological polar surface area (TPSA) is 53.2 Å². The second kappa shape index (κ2) is 6.75. The summed E-state index contributed by atoms with van der Waals surface area (Å²) in [4.78, 5) is 11.7. The molecule has 3 unspecified atom stereocenters. The fourth-order valence-electron chi connectivity index (χ4n) is 2.36. The van der Waals surface area contributed by atoms with E-state index >= 15 is 0 Å². The molecule has 110 valence electrons. The summed E-state index contributed by atoms with van der Waals surface area (Å²) in [6, 6.07) is 8.21. The lowest BCUT2D eigenvalue weighted by Gasteiger charge is -2.13. The molecule has 0 aromatic heterocycles. The van der Waals surface area contributed by atoms with Gasteiger partial charge in [0.05, 0.1) is 0 Å². The number of hydrogen-bond acceptors (Lipinski definition) is 2. The third kappa shape index (κ3) is 4.23. The Morgan fingerprint density at radius 3 is 2.55 bits per heavy atom. The largest absolute Gasteiger partial charge is 0.338 e. The molecular formula is C16H25N3O. The van der Waals surface area contributed by atoms with Gasteiger partial charge in [-0.2, -0.15) is 0 Å². The molecule has 0 spiro atoms. The van der Waals surface area contributed by atoms with Gasteiger partial charge in [0.25, 0.3) is 0 Å². The number of hydrogen-bond donors (Lipinski definition) is 3. The quantitative estimate of drug-likeness (QED) is 0.747. The third-order valence-electron chi connectivity index (χ3n) is 3.98. The van der Waals surface area contributed by atoms with Crippen molar-refractivity contribution in [2.24, 2.45) is 11.8 Å². The Labute approximate surface area is 121 Å². The molecule has 1 aromatic rings. The molecular weight excluding hydrogens is 250 g/mol. The maximum absolute atomic E-state index is 11.7. The zero-order chi connectivity index (χ0) is 14.5. The summed E-state index contributed by atoms with van der Waals surface area (Å²) in [5.41, 5.74) is 2.06. The highest BCUT2D eigenvalue weighted by Gasteiger charge is 2.32. The highest BCUT2D eigenvalue weighted by Crippen LogP contribution is 2.36. The predicted molar refractivity (Wildman–Crippen MR) is 82.8 cm³/mol. The van der Waals surface area contributed by atoms with Crippen molar-refractivity contribution in [2.45, 2.75) is 33.2 Å². The molecule has 2 amide bonds. The molecule has 3 atom stereocenters. The number of carbonyl (C=O) groups excluding carboxylic acids is 1. The Balaban J connectivity index is 1.79. The maximum Gasteiger partial charge on any atom is 0.319 e. The molecule has 1 aliphatic carbocycles. The Morgan fingerprint density at radius 2 is 2.00 bits per heavy atom. The standard InChI is InChI=1S/C16H25N3O/c1-4-17-12(3)13-5-7-15(8-6-13)19-16(20)18-10-14-9-11(14)2/h5-8,11-12,14,17H,4,9-10H2,1-3H3,(H2,18,19,20). The Bertz CT molecular complexity index is 444. The number of benzene rings is 1. The lowest BCUT2D eigenvalue weighted by molar-refractivity contribution is 0.251. The second-order valence-electron chi connectivity index (χ2n) is 5.71. The first-order valence-corrected chi connectivity index (χ1v) is 7.48. The predicted octanol–water partition coefficient (Wildman–Crippen LogP) is 3.13. The zero-order valence-corrected chi connectivity index (χ0v) is 12.6. The van der Waals surface area contributed by atoms with Gasteiger partial charge in [-0.1, -0.05) is 26.0 Å². The first-order valence-electron chi connectivity index (χ1n) is 7.48. The summed E-state index contributed by atoms with van der Waals surface area (Å²) in [6.45, 7) is 8.17. The zero-order valence-electron chi connectivity index (χ0n) is 12.6. The van der Waals surface area contributed by atoms with E-state index in [0.717, 1.165) is 24.7 Å². The van der Waals surface area contributed by atoms with E-state index in [1.54, 1.807) is 0 Å². The summed E-state index contributed by atoms with van der Waals surface area (Å²) in [5.74, 6) is 1.44. The molecule has 4 heteroatoms. The lowest BCUT2D eigenvalue weighted by Crippen LogP contribution is -2.30. The molecule has 0 bridgehead atoms. The van der Waals surface area contributed by atoms with Gasteiger partial charge in [0.15, 0.2) is 0 Å². The average Bonchev–Trinajstić information content (AvgIpc) is 3.13. The van der Waals surface area contributed by atoms with E-state index in [4.69, 9.17) is 0 Å². The van der Waals surface area contributed by atoms with Crippen molar-refractivity contribution in [3.63, 3.8) is 0 Å². The number of rotatable bonds is 6. The highest BCUT2D eigenvalue weighted by molar-refractivity contribution is 5.89. The minimum atomic E-state index is -0.114. The summed E-state index contributed by atoms with van der Waals surface area (Å²) in [6.07, 6.45) is 1.23. The van der Waals surface area contributed by atoms with Crippen molar-refractivity contribution in [3.05, 3.63) is 29.8 Å². The van der Waals surface area contributed by atoms with E-state index in [1.165, 1.54) is 12.0 Å². The van der Waals surface area contributed by atoms with Crippen molar-refractivity contribution in [1.29, 1.82) is 0 Å². The van der Waals surface area contributed by atoms with Gasteiger partial charge in [-0.25, -0.2) is 4.79 Å². The molecule has 0 heterocycles. The average molecular weight is 275 g/mol. The minimum absolute atomic E-state index is 0.114. The molecule has 4 nitrogen and oxygen atoms in total. The van der Waals surface area contributed by atoms with Gasteiger partial charge in [0, 0.05) is 18.3 Å². The smallest absolute Gasteiger partial charge is 0.319 e. The van der Waals surface area contributed by atoms with E-state index in [1.807, 2.05) is 24.3 Å². The van der Waals surface area contributed by atoms with E-state index in [9.17, 15) is 4.79 Å². The normalized spacial score (nSPS) is 22.1. The Morgan fingerprint density at radius 1 is 1.35 bits per heavy atom. The van der Waals surface area contributed by atoms with Crippen molar-refractivity contribution in [2.75, 3.05) is 18.4 Å². The molecule has 0 aliphatic heterocycles. The number of urea groups is 1. The van der Waals surface area contributed by atoms with Crippen LogP contribution in [-0.2, 0) is 0 Å².